The molecule has 0 aliphatic heterocycles. The number of carboxylic acids is 1. The lowest BCUT2D eigenvalue weighted by Crippen LogP contribution is -2.41. The van der Waals surface area contributed by atoms with Gasteiger partial charge in [0, 0.05) is 26.1 Å². The minimum atomic E-state index is -0.997. The number of carbonyl (C=O) groups is 2. The Labute approximate surface area is 107 Å². The minimum absolute atomic E-state index is 0.226. The first-order chi connectivity index (χ1) is 8.45. The molecule has 0 aliphatic rings. The van der Waals surface area contributed by atoms with Crippen LogP contribution in [-0.4, -0.2) is 48.7 Å². The summed E-state index contributed by atoms with van der Waals surface area (Å²) >= 11 is 0. The summed E-state index contributed by atoms with van der Waals surface area (Å²) in [5.41, 5.74) is 0. The first kappa shape index (κ1) is 16.4. The van der Waals surface area contributed by atoms with Crippen LogP contribution >= 0.6 is 0 Å². The van der Waals surface area contributed by atoms with Gasteiger partial charge >= 0.3 is 5.97 Å². The summed E-state index contributed by atoms with van der Waals surface area (Å²) in [4.78, 5) is 24.4. The highest BCUT2D eigenvalue weighted by Gasteiger charge is 2.29. The molecule has 1 amide bonds. The molecule has 0 heterocycles. The van der Waals surface area contributed by atoms with Crippen LogP contribution in [-0.2, 0) is 14.3 Å². The van der Waals surface area contributed by atoms with Crippen molar-refractivity contribution in [1.29, 1.82) is 5.26 Å². The maximum atomic E-state index is 12.1. The number of aliphatic carboxylic acids is 1. The Bertz CT molecular complexity index is 325. The van der Waals surface area contributed by atoms with Crippen LogP contribution in [0.3, 0.4) is 0 Å². The van der Waals surface area contributed by atoms with Crippen LogP contribution in [0.1, 0.15) is 20.3 Å². The van der Waals surface area contributed by atoms with Crippen LogP contribution in [0, 0.1) is 23.2 Å². The van der Waals surface area contributed by atoms with Gasteiger partial charge in [-0.05, 0) is 0 Å². The zero-order valence-electron chi connectivity index (χ0n) is 11.0. The molecule has 0 radical (unpaired) electrons. The van der Waals surface area contributed by atoms with E-state index in [0.717, 1.165) is 0 Å². The van der Waals surface area contributed by atoms with Gasteiger partial charge in [-0.3, -0.25) is 9.59 Å². The average Bonchev–Trinajstić information content (AvgIpc) is 2.36. The fraction of sp³-hybridized carbons (Fsp3) is 0.750. The highest BCUT2D eigenvalue weighted by Crippen LogP contribution is 2.14. The number of rotatable bonds is 8. The summed E-state index contributed by atoms with van der Waals surface area (Å²) in [5.74, 6) is -2.61. The molecule has 2 unspecified atom stereocenters. The Kier molecular flexibility index (Phi) is 7.72. The summed E-state index contributed by atoms with van der Waals surface area (Å²) in [6, 6.07) is 1.97. The van der Waals surface area contributed by atoms with Gasteiger partial charge in [-0.15, -0.1) is 0 Å². The second-order valence-corrected chi connectivity index (χ2v) is 4.14. The fourth-order valence-electron chi connectivity index (χ4n) is 1.43. The molecule has 0 aromatic rings. The number of nitriles is 1. The van der Waals surface area contributed by atoms with Crippen molar-refractivity contribution >= 4 is 11.9 Å². The summed E-state index contributed by atoms with van der Waals surface area (Å²) in [6.45, 7) is 4.13. The van der Waals surface area contributed by atoms with E-state index in [2.05, 4.69) is 0 Å². The van der Waals surface area contributed by atoms with Crippen molar-refractivity contribution in [2.45, 2.75) is 20.3 Å². The average molecular weight is 256 g/mol. The van der Waals surface area contributed by atoms with E-state index in [0.29, 0.717) is 19.7 Å². The molecule has 0 aromatic heterocycles. The van der Waals surface area contributed by atoms with Gasteiger partial charge in [-0.25, -0.2) is 0 Å². The number of carboxylic acid groups (broad SMARTS) is 1. The number of methoxy groups -OCH3 is 1. The van der Waals surface area contributed by atoms with Crippen LogP contribution in [0.2, 0.25) is 0 Å². The molecule has 0 bridgehead atoms. The van der Waals surface area contributed by atoms with Crippen molar-refractivity contribution < 1.29 is 19.4 Å². The van der Waals surface area contributed by atoms with Crippen molar-refractivity contribution in [1.82, 2.24) is 4.90 Å². The molecule has 0 spiro atoms. The van der Waals surface area contributed by atoms with Gasteiger partial charge in [0.25, 0.3) is 0 Å². The van der Waals surface area contributed by atoms with Crippen molar-refractivity contribution in [3.05, 3.63) is 0 Å². The summed E-state index contributed by atoms with van der Waals surface area (Å²) in [7, 11) is 1.52. The van der Waals surface area contributed by atoms with E-state index < -0.39 is 17.8 Å². The Morgan fingerprint density at radius 2 is 1.94 bits per heavy atom. The maximum Gasteiger partial charge on any atom is 0.307 e. The number of amides is 1. The monoisotopic (exact) mass is 256 g/mol. The molecule has 102 valence electrons. The number of hydrogen-bond donors (Lipinski definition) is 1. The SMILES string of the molecule is COCCN(CCC#N)C(=O)C(C)C(C)C(=O)O. The second kappa shape index (κ2) is 8.48. The van der Waals surface area contributed by atoms with Crippen molar-refractivity contribution in [3.63, 3.8) is 0 Å². The summed E-state index contributed by atoms with van der Waals surface area (Å²) in [6.07, 6.45) is 0.226. The normalized spacial score (nSPS) is 13.4. The fourth-order valence-corrected chi connectivity index (χ4v) is 1.43. The standard InChI is InChI=1S/C12H20N2O4/c1-9(10(2)12(16)17)11(15)14(6-4-5-13)7-8-18-3/h9-10H,4,6-8H2,1-3H3,(H,16,17). The zero-order valence-corrected chi connectivity index (χ0v) is 11.0. The topological polar surface area (TPSA) is 90.6 Å². The van der Waals surface area contributed by atoms with Gasteiger partial charge in [0.15, 0.2) is 0 Å². The van der Waals surface area contributed by atoms with E-state index >= 15 is 0 Å². The third-order valence-electron chi connectivity index (χ3n) is 2.90. The van der Waals surface area contributed by atoms with E-state index in [4.69, 9.17) is 15.1 Å². The maximum absolute atomic E-state index is 12.1. The van der Waals surface area contributed by atoms with Crippen molar-refractivity contribution in [3.8, 4) is 6.07 Å². The van der Waals surface area contributed by atoms with Gasteiger partial charge in [0.2, 0.25) is 5.91 Å². The van der Waals surface area contributed by atoms with Crippen molar-refractivity contribution in [2.24, 2.45) is 11.8 Å². The molecule has 2 atom stereocenters. The number of ether oxygens (including phenoxy) is 1. The van der Waals surface area contributed by atoms with E-state index in [1.165, 1.54) is 18.9 Å². The molecule has 6 heteroatoms. The number of carbonyl (C=O) groups excluding carboxylic acids is 1. The van der Waals surface area contributed by atoms with Crippen LogP contribution < -0.4 is 0 Å². The molecule has 1 N–H and O–H groups in total. The molecule has 0 saturated carbocycles. The number of hydrogen-bond acceptors (Lipinski definition) is 4. The highest BCUT2D eigenvalue weighted by atomic mass is 16.5. The molecule has 0 saturated heterocycles. The zero-order chi connectivity index (χ0) is 14.1. The number of nitrogens with zero attached hydrogens (tertiary/aromatic N) is 2. The summed E-state index contributed by atoms with van der Waals surface area (Å²) in [5, 5.41) is 17.4. The molecule has 18 heavy (non-hydrogen) atoms. The third kappa shape index (κ3) is 5.15. The lowest BCUT2D eigenvalue weighted by Gasteiger charge is -2.26. The van der Waals surface area contributed by atoms with Crippen LogP contribution in [0.25, 0.3) is 0 Å². The molecule has 0 rings (SSSR count). The van der Waals surface area contributed by atoms with E-state index in [1.54, 1.807) is 6.92 Å². The molecule has 0 aromatic carbocycles. The van der Waals surface area contributed by atoms with Gasteiger partial charge in [0.1, 0.15) is 0 Å². The first-order valence-electron chi connectivity index (χ1n) is 5.83. The van der Waals surface area contributed by atoms with Crippen LogP contribution in [0.4, 0.5) is 0 Å². The lowest BCUT2D eigenvalue weighted by molar-refractivity contribution is -0.149. The Morgan fingerprint density at radius 3 is 2.39 bits per heavy atom. The van der Waals surface area contributed by atoms with E-state index in [1.807, 2.05) is 6.07 Å². The van der Waals surface area contributed by atoms with Crippen LogP contribution in [0.15, 0.2) is 0 Å². The third-order valence-corrected chi connectivity index (χ3v) is 2.90. The highest BCUT2D eigenvalue weighted by molar-refractivity contribution is 5.84. The van der Waals surface area contributed by atoms with E-state index in [9.17, 15) is 9.59 Å². The first-order valence-corrected chi connectivity index (χ1v) is 5.83. The molecular formula is C12H20N2O4. The molecule has 6 nitrogen and oxygen atoms in total. The van der Waals surface area contributed by atoms with E-state index in [-0.39, 0.29) is 12.3 Å². The van der Waals surface area contributed by atoms with Gasteiger partial charge < -0.3 is 14.7 Å². The quantitative estimate of drug-likeness (QED) is 0.691. The summed E-state index contributed by atoms with van der Waals surface area (Å²) < 4.78 is 4.90. The Balaban J connectivity index is 4.61. The smallest absolute Gasteiger partial charge is 0.307 e. The predicted octanol–water partition coefficient (Wildman–Crippen LogP) is 0.732. The van der Waals surface area contributed by atoms with Gasteiger partial charge in [-0.1, -0.05) is 13.8 Å². The lowest BCUT2D eigenvalue weighted by atomic mass is 9.94. The van der Waals surface area contributed by atoms with Crippen molar-refractivity contribution in [2.75, 3.05) is 26.8 Å². The van der Waals surface area contributed by atoms with Crippen LogP contribution in [0.5, 0.6) is 0 Å². The Hall–Kier alpha value is -1.61. The largest absolute Gasteiger partial charge is 0.481 e. The minimum Gasteiger partial charge on any atom is -0.481 e. The molecule has 0 aliphatic carbocycles. The second-order valence-electron chi connectivity index (χ2n) is 4.14. The Morgan fingerprint density at radius 1 is 1.33 bits per heavy atom. The van der Waals surface area contributed by atoms with Gasteiger partial charge in [0.05, 0.1) is 25.0 Å². The molecular weight excluding hydrogens is 236 g/mol. The molecule has 0 fully saturated rings. The van der Waals surface area contributed by atoms with Gasteiger partial charge in [-0.2, -0.15) is 5.26 Å². The predicted molar refractivity (Wildman–Crippen MR) is 64.6 cm³/mol.